The predicted molar refractivity (Wildman–Crippen MR) is 139 cm³/mol. The quantitative estimate of drug-likeness (QED) is 0.405. The first-order valence-corrected chi connectivity index (χ1v) is 13.5. The molecule has 0 saturated carbocycles. The summed E-state index contributed by atoms with van der Waals surface area (Å²) < 4.78 is 38.9. The smallest absolute Gasteiger partial charge is 0.365 e. The number of alkyl halides is 3. The molecule has 2 aromatic heterocycles. The number of nitrogens with one attached hydrogen (secondary N) is 2. The number of rotatable bonds is 9. The van der Waals surface area contributed by atoms with Gasteiger partial charge >= 0.3 is 6.18 Å². The van der Waals surface area contributed by atoms with E-state index in [1.807, 2.05) is 23.1 Å². The number of nitrogens with zero attached hydrogens (tertiary/aromatic N) is 4. The van der Waals surface area contributed by atoms with E-state index in [4.69, 9.17) is 0 Å². The Bertz CT molecular complexity index is 1190. The van der Waals surface area contributed by atoms with Gasteiger partial charge in [-0.05, 0) is 30.9 Å². The molecule has 37 heavy (non-hydrogen) atoms. The summed E-state index contributed by atoms with van der Waals surface area (Å²) in [5.74, 6) is 0.568. The molecule has 11 heteroatoms. The van der Waals surface area contributed by atoms with E-state index in [0.717, 1.165) is 63.2 Å². The SMILES string of the molecule is O=CN1CCCC1CNC1CN(Cc2ccccc2)CCC1Nc1ncnc2sc(CC(F)(F)F)cc12. The molecule has 1 amide bonds. The van der Waals surface area contributed by atoms with Gasteiger partial charge in [-0.2, -0.15) is 13.2 Å². The van der Waals surface area contributed by atoms with Gasteiger partial charge in [0, 0.05) is 55.7 Å². The summed E-state index contributed by atoms with van der Waals surface area (Å²) in [5, 5.41) is 7.87. The number of benzene rings is 1. The molecule has 1 aromatic carbocycles. The summed E-state index contributed by atoms with van der Waals surface area (Å²) in [6.07, 6.45) is -0.0567. The van der Waals surface area contributed by atoms with Gasteiger partial charge in [0.25, 0.3) is 0 Å². The Labute approximate surface area is 218 Å². The molecule has 198 valence electrons. The number of hydrogen-bond acceptors (Lipinski definition) is 7. The normalized spacial score (nSPS) is 23.0. The highest BCUT2D eigenvalue weighted by Gasteiger charge is 2.33. The van der Waals surface area contributed by atoms with Crippen molar-refractivity contribution < 1.29 is 18.0 Å². The van der Waals surface area contributed by atoms with Crippen LogP contribution in [-0.2, 0) is 17.8 Å². The van der Waals surface area contributed by atoms with Crippen LogP contribution in [0.3, 0.4) is 0 Å². The molecule has 0 radical (unpaired) electrons. The first-order chi connectivity index (χ1) is 17.9. The van der Waals surface area contributed by atoms with E-state index in [2.05, 4.69) is 37.6 Å². The summed E-state index contributed by atoms with van der Waals surface area (Å²) in [5.41, 5.74) is 1.25. The Morgan fingerprint density at radius 2 is 1.95 bits per heavy atom. The Balaban J connectivity index is 1.32. The number of amides is 1. The minimum Gasteiger partial charge on any atom is -0.365 e. The van der Waals surface area contributed by atoms with Crippen LogP contribution in [0.5, 0.6) is 0 Å². The summed E-state index contributed by atoms with van der Waals surface area (Å²) in [6.45, 7) is 4.02. The molecule has 4 heterocycles. The van der Waals surface area contributed by atoms with Gasteiger partial charge in [0.2, 0.25) is 6.41 Å². The van der Waals surface area contributed by atoms with E-state index in [1.54, 1.807) is 6.07 Å². The average Bonchev–Trinajstić information content (AvgIpc) is 3.50. The molecule has 0 aliphatic carbocycles. The minimum atomic E-state index is -4.27. The van der Waals surface area contributed by atoms with Crippen molar-refractivity contribution in [3.05, 3.63) is 53.2 Å². The number of piperidine rings is 1. The van der Waals surface area contributed by atoms with Crippen LogP contribution >= 0.6 is 11.3 Å². The Hall–Kier alpha value is -2.76. The number of thiophene rings is 1. The van der Waals surface area contributed by atoms with Crippen LogP contribution in [0.25, 0.3) is 10.2 Å². The Kier molecular flexibility index (Phi) is 7.92. The number of carbonyl (C=O) groups is 1. The standard InChI is InChI=1S/C26H31F3N6OS/c27-26(28,29)12-20-11-21-24(31-16-32-25(21)37-20)33-22-8-10-34(14-18-5-2-1-3-6-18)15-23(22)30-13-19-7-4-9-35(19)17-36/h1-3,5-6,11,16-17,19,22-23,30H,4,7-10,12-15H2,(H,31,32,33). The topological polar surface area (TPSA) is 73.4 Å². The van der Waals surface area contributed by atoms with Crippen molar-refractivity contribution >= 4 is 33.8 Å². The fourth-order valence-corrected chi connectivity index (χ4v) is 6.39. The summed E-state index contributed by atoms with van der Waals surface area (Å²) in [7, 11) is 0. The van der Waals surface area contributed by atoms with Crippen molar-refractivity contribution in [1.82, 2.24) is 25.1 Å². The lowest BCUT2D eigenvalue weighted by Crippen LogP contribution is -2.57. The number of halogens is 3. The van der Waals surface area contributed by atoms with Crippen LogP contribution in [0.4, 0.5) is 19.0 Å². The average molecular weight is 533 g/mol. The molecule has 2 aliphatic rings. The molecule has 3 aromatic rings. The van der Waals surface area contributed by atoms with Crippen LogP contribution in [0.15, 0.2) is 42.7 Å². The molecule has 2 N–H and O–H groups in total. The van der Waals surface area contributed by atoms with Crippen molar-refractivity contribution in [3.63, 3.8) is 0 Å². The van der Waals surface area contributed by atoms with Crippen LogP contribution < -0.4 is 10.6 Å². The van der Waals surface area contributed by atoms with E-state index in [-0.39, 0.29) is 23.0 Å². The molecule has 3 atom stereocenters. The third kappa shape index (κ3) is 6.58. The van der Waals surface area contributed by atoms with Gasteiger partial charge in [-0.25, -0.2) is 9.97 Å². The lowest BCUT2D eigenvalue weighted by molar-refractivity contribution is -0.126. The second-order valence-electron chi connectivity index (χ2n) is 9.86. The number of fused-ring (bicyclic) bond motifs is 1. The van der Waals surface area contributed by atoms with Gasteiger partial charge in [0.15, 0.2) is 0 Å². The molecule has 3 unspecified atom stereocenters. The number of likely N-dealkylation sites (tertiary alicyclic amines) is 2. The van der Waals surface area contributed by atoms with Gasteiger partial charge in [0.05, 0.1) is 11.8 Å². The summed E-state index contributed by atoms with van der Waals surface area (Å²) in [6, 6.07) is 12.2. The second-order valence-corrected chi connectivity index (χ2v) is 11.0. The highest BCUT2D eigenvalue weighted by molar-refractivity contribution is 7.18. The van der Waals surface area contributed by atoms with Crippen molar-refractivity contribution in [1.29, 1.82) is 0 Å². The van der Waals surface area contributed by atoms with Crippen molar-refractivity contribution in [2.24, 2.45) is 0 Å². The number of hydrogen-bond donors (Lipinski definition) is 2. The minimum absolute atomic E-state index is 0.0298. The zero-order valence-corrected chi connectivity index (χ0v) is 21.3. The molecule has 2 aliphatic heterocycles. The van der Waals surface area contributed by atoms with Gasteiger partial charge in [-0.15, -0.1) is 11.3 Å². The van der Waals surface area contributed by atoms with E-state index in [9.17, 15) is 18.0 Å². The summed E-state index contributed by atoms with van der Waals surface area (Å²) in [4.78, 5) is 25.1. The van der Waals surface area contributed by atoms with Gasteiger partial charge < -0.3 is 15.5 Å². The number of carbonyl (C=O) groups excluding carboxylic acids is 1. The van der Waals surface area contributed by atoms with E-state index >= 15 is 0 Å². The van der Waals surface area contributed by atoms with Crippen LogP contribution in [0.2, 0.25) is 0 Å². The fourth-order valence-electron chi connectivity index (χ4n) is 5.37. The highest BCUT2D eigenvalue weighted by Crippen LogP contribution is 2.33. The van der Waals surface area contributed by atoms with E-state index in [0.29, 0.717) is 22.6 Å². The molecular formula is C26H31F3N6OS. The van der Waals surface area contributed by atoms with E-state index in [1.165, 1.54) is 11.9 Å². The number of anilines is 1. The first kappa shape index (κ1) is 25.9. The molecular weight excluding hydrogens is 501 g/mol. The zero-order valence-electron chi connectivity index (χ0n) is 20.5. The third-order valence-electron chi connectivity index (χ3n) is 7.20. The predicted octanol–water partition coefficient (Wildman–Crippen LogP) is 4.06. The monoisotopic (exact) mass is 532 g/mol. The molecule has 0 bridgehead atoms. The fraction of sp³-hybridized carbons (Fsp3) is 0.500. The van der Waals surface area contributed by atoms with Crippen LogP contribution in [0, 0.1) is 0 Å². The molecule has 2 fully saturated rings. The first-order valence-electron chi connectivity index (χ1n) is 12.7. The van der Waals surface area contributed by atoms with Gasteiger partial charge in [-0.1, -0.05) is 30.3 Å². The lowest BCUT2D eigenvalue weighted by atomic mass is 9.97. The maximum absolute atomic E-state index is 13.0. The Morgan fingerprint density at radius 1 is 1.11 bits per heavy atom. The van der Waals surface area contributed by atoms with Crippen molar-refractivity contribution in [2.75, 3.05) is 31.5 Å². The Morgan fingerprint density at radius 3 is 2.73 bits per heavy atom. The zero-order chi connectivity index (χ0) is 25.8. The molecule has 7 nitrogen and oxygen atoms in total. The summed E-state index contributed by atoms with van der Waals surface area (Å²) >= 11 is 1.06. The van der Waals surface area contributed by atoms with Crippen LogP contribution in [-0.4, -0.2) is 76.7 Å². The van der Waals surface area contributed by atoms with Gasteiger partial charge in [-0.3, -0.25) is 9.69 Å². The second kappa shape index (κ2) is 11.3. The van der Waals surface area contributed by atoms with Crippen molar-refractivity contribution in [2.45, 2.75) is 56.5 Å². The van der Waals surface area contributed by atoms with Crippen molar-refractivity contribution in [3.8, 4) is 0 Å². The molecule has 5 rings (SSSR count). The van der Waals surface area contributed by atoms with Crippen LogP contribution in [0.1, 0.15) is 29.7 Å². The number of aromatic nitrogens is 2. The largest absolute Gasteiger partial charge is 0.393 e. The molecule has 2 saturated heterocycles. The molecule has 0 spiro atoms. The van der Waals surface area contributed by atoms with E-state index < -0.39 is 12.6 Å². The maximum atomic E-state index is 13.0. The van der Waals surface area contributed by atoms with Gasteiger partial charge in [0.1, 0.15) is 17.0 Å². The highest BCUT2D eigenvalue weighted by atomic mass is 32.1. The third-order valence-corrected chi connectivity index (χ3v) is 8.24. The maximum Gasteiger partial charge on any atom is 0.393 e. The lowest BCUT2D eigenvalue weighted by Gasteiger charge is -2.40.